The van der Waals surface area contributed by atoms with Gasteiger partial charge < -0.3 is 10.1 Å². The van der Waals surface area contributed by atoms with Crippen LogP contribution in [0.15, 0.2) is 96.0 Å². The molecule has 0 aliphatic carbocycles. The van der Waals surface area contributed by atoms with Crippen LogP contribution in [0.2, 0.25) is 0 Å². The molecule has 4 aromatic rings. The number of ether oxygens (including phenoxy) is 1. The van der Waals surface area contributed by atoms with Crippen LogP contribution in [0.3, 0.4) is 0 Å². The number of anilines is 1. The molecule has 1 amide bonds. The van der Waals surface area contributed by atoms with Gasteiger partial charge in [0.15, 0.2) is 0 Å². The minimum atomic E-state index is -3.76. The van der Waals surface area contributed by atoms with Gasteiger partial charge in [0, 0.05) is 30.4 Å². The Labute approximate surface area is 204 Å². The number of carbonyl (C=O) groups excluding carboxylic acids is 1. The van der Waals surface area contributed by atoms with Gasteiger partial charge >= 0.3 is 0 Å². The molecule has 0 spiro atoms. The van der Waals surface area contributed by atoms with Crippen molar-refractivity contribution in [2.24, 2.45) is 0 Å². The van der Waals surface area contributed by atoms with E-state index in [1.165, 1.54) is 12.1 Å². The number of aromatic nitrogens is 2. The highest BCUT2D eigenvalue weighted by molar-refractivity contribution is 7.92. The number of nitrogens with one attached hydrogen (secondary N) is 2. The normalized spacial score (nSPS) is 11.1. The lowest BCUT2D eigenvalue weighted by Crippen LogP contribution is -2.25. The number of benzene rings is 3. The first-order chi connectivity index (χ1) is 16.9. The minimum absolute atomic E-state index is 0.123. The van der Waals surface area contributed by atoms with Crippen molar-refractivity contribution in [1.29, 1.82) is 0 Å². The van der Waals surface area contributed by atoms with Crippen molar-refractivity contribution in [3.8, 4) is 11.4 Å². The summed E-state index contributed by atoms with van der Waals surface area (Å²) in [4.78, 5) is 12.6. The number of nitrogens with zero attached hydrogens (tertiary/aromatic N) is 2. The quantitative estimate of drug-likeness (QED) is 0.349. The lowest BCUT2D eigenvalue weighted by molar-refractivity contribution is 0.0954. The molecule has 0 aliphatic heterocycles. The van der Waals surface area contributed by atoms with Gasteiger partial charge in [-0.15, -0.1) is 0 Å². The number of sulfonamides is 1. The molecule has 0 saturated carbocycles. The van der Waals surface area contributed by atoms with Gasteiger partial charge in [-0.1, -0.05) is 18.2 Å². The van der Waals surface area contributed by atoms with Crippen molar-refractivity contribution >= 4 is 21.6 Å². The summed E-state index contributed by atoms with van der Waals surface area (Å²) in [5.74, 6) is 0.361. The monoisotopic (exact) mass is 490 g/mol. The van der Waals surface area contributed by atoms with Crippen LogP contribution in [0, 0.1) is 0 Å². The highest BCUT2D eigenvalue weighted by atomic mass is 32.2. The number of hydrogen-bond donors (Lipinski definition) is 2. The fourth-order valence-electron chi connectivity index (χ4n) is 3.41. The second-order valence-corrected chi connectivity index (χ2v) is 9.36. The van der Waals surface area contributed by atoms with Crippen molar-refractivity contribution < 1.29 is 17.9 Å². The number of rotatable bonds is 10. The molecule has 8 nitrogen and oxygen atoms in total. The Hall–Kier alpha value is -4.11. The topological polar surface area (TPSA) is 102 Å². The number of carbonyl (C=O) groups is 1. The van der Waals surface area contributed by atoms with E-state index in [0.29, 0.717) is 36.6 Å². The molecule has 180 valence electrons. The highest BCUT2D eigenvalue weighted by Crippen LogP contribution is 2.20. The van der Waals surface area contributed by atoms with Gasteiger partial charge in [-0.2, -0.15) is 5.10 Å². The van der Waals surface area contributed by atoms with E-state index in [9.17, 15) is 13.2 Å². The van der Waals surface area contributed by atoms with Crippen LogP contribution in [0.25, 0.3) is 5.69 Å². The van der Waals surface area contributed by atoms with Crippen LogP contribution < -0.4 is 14.8 Å². The molecule has 0 aliphatic rings. The third-order valence-corrected chi connectivity index (χ3v) is 6.57. The molecule has 0 saturated heterocycles. The Kier molecular flexibility index (Phi) is 7.47. The van der Waals surface area contributed by atoms with E-state index in [2.05, 4.69) is 15.1 Å². The maximum Gasteiger partial charge on any atom is 0.261 e. The number of amides is 1. The second-order valence-electron chi connectivity index (χ2n) is 7.68. The van der Waals surface area contributed by atoms with Crippen molar-refractivity contribution in [3.63, 3.8) is 0 Å². The molecule has 0 radical (unpaired) electrons. The van der Waals surface area contributed by atoms with Crippen molar-refractivity contribution in [2.45, 2.75) is 18.2 Å². The molecule has 2 N–H and O–H groups in total. The predicted molar refractivity (Wildman–Crippen MR) is 134 cm³/mol. The van der Waals surface area contributed by atoms with Crippen LogP contribution in [0.1, 0.15) is 23.0 Å². The molecule has 0 atom stereocenters. The van der Waals surface area contributed by atoms with E-state index in [1.54, 1.807) is 41.1 Å². The zero-order chi connectivity index (χ0) is 24.7. The number of hydrogen-bond acceptors (Lipinski definition) is 5. The van der Waals surface area contributed by atoms with E-state index < -0.39 is 10.0 Å². The van der Waals surface area contributed by atoms with Gasteiger partial charge in [0.25, 0.3) is 15.9 Å². The molecule has 35 heavy (non-hydrogen) atoms. The number of para-hydroxylation sites is 1. The van der Waals surface area contributed by atoms with Crippen LogP contribution in [0.5, 0.6) is 5.75 Å². The Morgan fingerprint density at radius 3 is 2.34 bits per heavy atom. The summed E-state index contributed by atoms with van der Waals surface area (Å²) in [5, 5.41) is 7.39. The Balaban J connectivity index is 1.29. The Morgan fingerprint density at radius 2 is 1.66 bits per heavy atom. The lowest BCUT2D eigenvalue weighted by atomic mass is 10.2. The van der Waals surface area contributed by atoms with E-state index >= 15 is 0 Å². The summed E-state index contributed by atoms with van der Waals surface area (Å²) < 4.78 is 34.9. The van der Waals surface area contributed by atoms with Crippen LogP contribution in [0.4, 0.5) is 5.69 Å². The first-order valence-electron chi connectivity index (χ1n) is 11.2. The SMILES string of the molecule is CCOc1ccc(S(=O)(=O)Nc2ccc(C(=O)NCCc3ccn(-c4ccccc4)n3)cc2)cc1. The van der Waals surface area contributed by atoms with Gasteiger partial charge in [0.2, 0.25) is 0 Å². The zero-order valence-corrected chi connectivity index (χ0v) is 20.0. The molecular formula is C26H26N4O4S. The standard InChI is InChI=1S/C26H26N4O4S/c1-2-34-24-12-14-25(15-13-24)35(32,33)29-22-10-8-20(9-11-22)26(31)27-18-16-21-17-19-30(28-21)23-6-4-3-5-7-23/h3-15,17,19,29H,2,16,18H2,1H3,(H,27,31). The largest absolute Gasteiger partial charge is 0.494 e. The Morgan fingerprint density at radius 1 is 0.943 bits per heavy atom. The molecule has 9 heteroatoms. The summed E-state index contributed by atoms with van der Waals surface area (Å²) in [6.45, 7) is 2.79. The van der Waals surface area contributed by atoms with Gasteiger partial charge in [-0.3, -0.25) is 9.52 Å². The second kappa shape index (κ2) is 10.9. The third kappa shape index (κ3) is 6.27. The molecule has 0 fully saturated rings. The molecule has 1 heterocycles. The first kappa shape index (κ1) is 24.0. The third-order valence-electron chi connectivity index (χ3n) is 5.18. The molecule has 3 aromatic carbocycles. The first-order valence-corrected chi connectivity index (χ1v) is 12.7. The molecule has 1 aromatic heterocycles. The Bertz CT molecular complexity index is 1370. The summed E-state index contributed by atoms with van der Waals surface area (Å²) in [6.07, 6.45) is 2.48. The van der Waals surface area contributed by atoms with E-state index in [0.717, 1.165) is 11.4 Å². The van der Waals surface area contributed by atoms with Gasteiger partial charge in [0.1, 0.15) is 5.75 Å². The fourth-order valence-corrected chi connectivity index (χ4v) is 4.47. The molecule has 0 unspecified atom stereocenters. The summed E-state index contributed by atoms with van der Waals surface area (Å²) >= 11 is 0. The zero-order valence-electron chi connectivity index (χ0n) is 19.2. The molecule has 4 rings (SSSR count). The minimum Gasteiger partial charge on any atom is -0.494 e. The average Bonchev–Trinajstić information content (AvgIpc) is 3.34. The fraction of sp³-hybridized carbons (Fsp3) is 0.154. The van der Waals surface area contributed by atoms with Crippen molar-refractivity contribution in [3.05, 3.63) is 102 Å². The summed E-state index contributed by atoms with van der Waals surface area (Å²) in [5.41, 5.74) is 2.64. The van der Waals surface area contributed by atoms with Crippen molar-refractivity contribution in [1.82, 2.24) is 15.1 Å². The molecule has 0 bridgehead atoms. The van der Waals surface area contributed by atoms with Gasteiger partial charge in [0.05, 0.1) is 22.9 Å². The average molecular weight is 491 g/mol. The maximum atomic E-state index is 12.6. The van der Waals surface area contributed by atoms with E-state index in [1.807, 2.05) is 49.5 Å². The smallest absolute Gasteiger partial charge is 0.261 e. The molecular weight excluding hydrogens is 464 g/mol. The van der Waals surface area contributed by atoms with Crippen molar-refractivity contribution in [2.75, 3.05) is 17.9 Å². The van der Waals surface area contributed by atoms with Crippen LogP contribution in [-0.4, -0.2) is 37.3 Å². The predicted octanol–water partition coefficient (Wildman–Crippen LogP) is 4.04. The highest BCUT2D eigenvalue weighted by Gasteiger charge is 2.15. The summed E-state index contributed by atoms with van der Waals surface area (Å²) in [6, 6.07) is 24.2. The van der Waals surface area contributed by atoms with E-state index in [4.69, 9.17) is 4.74 Å². The van der Waals surface area contributed by atoms with Crippen LogP contribution in [-0.2, 0) is 16.4 Å². The van der Waals surface area contributed by atoms with Gasteiger partial charge in [-0.25, -0.2) is 13.1 Å². The lowest BCUT2D eigenvalue weighted by Gasteiger charge is -2.10. The maximum absolute atomic E-state index is 12.6. The van der Waals surface area contributed by atoms with E-state index in [-0.39, 0.29) is 10.8 Å². The van der Waals surface area contributed by atoms with Crippen LogP contribution >= 0.6 is 0 Å². The van der Waals surface area contributed by atoms with Gasteiger partial charge in [-0.05, 0) is 73.7 Å². The summed E-state index contributed by atoms with van der Waals surface area (Å²) in [7, 11) is -3.76.